The number of fused-ring (bicyclic) bond motifs is 1. The first-order valence-corrected chi connectivity index (χ1v) is 11.9. The van der Waals surface area contributed by atoms with Crippen LogP contribution in [-0.2, 0) is 4.74 Å². The Balaban J connectivity index is 1.56. The number of rotatable bonds is 4. The average molecular weight is 569 g/mol. The minimum absolute atomic E-state index is 0.150. The monoisotopic (exact) mass is 569 g/mol. The molecular weight excluding hydrogens is 547 g/mol. The summed E-state index contributed by atoms with van der Waals surface area (Å²) in [4.78, 5) is 11.5. The molecule has 0 aromatic carbocycles. The summed E-state index contributed by atoms with van der Waals surface area (Å²) in [6.07, 6.45) is 8.13. The predicted octanol–water partition coefficient (Wildman–Crippen LogP) is 2.58. The fourth-order valence-corrected chi connectivity index (χ4v) is 5.27. The van der Waals surface area contributed by atoms with Crippen molar-refractivity contribution in [2.75, 3.05) is 31.2 Å². The number of ether oxygens (including phenoxy) is 2. The zero-order valence-corrected chi connectivity index (χ0v) is 20.2. The van der Waals surface area contributed by atoms with E-state index in [2.05, 4.69) is 23.4 Å². The van der Waals surface area contributed by atoms with Gasteiger partial charge in [-0.15, -0.1) is 0 Å². The van der Waals surface area contributed by atoms with Crippen molar-refractivity contribution in [3.05, 3.63) is 30.6 Å². The van der Waals surface area contributed by atoms with E-state index in [4.69, 9.17) is 14.6 Å². The maximum atomic E-state index is 6.32. The van der Waals surface area contributed by atoms with Gasteiger partial charge in [0.2, 0.25) is 0 Å². The van der Waals surface area contributed by atoms with E-state index < -0.39 is 0 Å². The molecule has 0 saturated carbocycles. The summed E-state index contributed by atoms with van der Waals surface area (Å²) in [5.41, 5.74) is 3.11. The molecule has 3 aromatic heterocycles. The van der Waals surface area contributed by atoms with E-state index in [1.807, 2.05) is 24.5 Å². The summed E-state index contributed by atoms with van der Waals surface area (Å²) in [6, 6.07) is 6.23. The Labute approximate surface area is 180 Å². The van der Waals surface area contributed by atoms with Gasteiger partial charge in [0.1, 0.15) is 0 Å². The quantitative estimate of drug-likeness (QED) is 0.451. The molecule has 0 aliphatic carbocycles. The first-order chi connectivity index (χ1) is 13.8. The van der Waals surface area contributed by atoms with E-state index >= 15 is 0 Å². The number of anilines is 1. The molecule has 28 heavy (non-hydrogen) atoms. The Morgan fingerprint density at radius 3 is 2.68 bits per heavy atom. The van der Waals surface area contributed by atoms with Gasteiger partial charge in [-0.05, 0) is 0 Å². The molecule has 0 amide bonds. The summed E-state index contributed by atoms with van der Waals surface area (Å²) < 4.78 is 13.9. The van der Waals surface area contributed by atoms with E-state index in [0.717, 1.165) is 67.1 Å². The van der Waals surface area contributed by atoms with Gasteiger partial charge in [0.15, 0.2) is 0 Å². The molecule has 0 atom stereocenters. The fourth-order valence-electron chi connectivity index (χ4n) is 3.99. The molecule has 3 aromatic rings. The summed E-state index contributed by atoms with van der Waals surface area (Å²) >= 11 is 0.569. The molecule has 2 aliphatic heterocycles. The molecule has 0 bridgehead atoms. The Morgan fingerprint density at radius 1 is 1.07 bits per heavy atom. The SMILES string of the molecule is [Tl][n]1nc(-c2ccnc(N3CCCC3)c2)c2c(OC3CCOCC3)nccc21. The van der Waals surface area contributed by atoms with Crippen LogP contribution in [0.15, 0.2) is 30.6 Å². The number of pyridine rings is 2. The molecule has 2 fully saturated rings. The second kappa shape index (κ2) is 7.94. The molecule has 0 unspecified atom stereocenters. The zero-order valence-electron chi connectivity index (χ0n) is 15.8. The van der Waals surface area contributed by atoms with Crippen LogP contribution < -0.4 is 9.64 Å². The predicted molar refractivity (Wildman–Crippen MR) is 108 cm³/mol. The molecule has 142 valence electrons. The van der Waals surface area contributed by atoms with Crippen molar-refractivity contribution in [3.63, 3.8) is 0 Å². The first kappa shape index (κ1) is 18.3. The van der Waals surface area contributed by atoms with Crippen LogP contribution >= 0.6 is 0 Å². The van der Waals surface area contributed by atoms with Gasteiger partial charge in [-0.2, -0.15) is 0 Å². The summed E-state index contributed by atoms with van der Waals surface area (Å²) in [7, 11) is 0. The standard InChI is InChI=1S/C20H22N5O2.Tl/c1-2-10-25(9-1)17-13-14(3-7-21-17)19-18-16(23-24-19)4-8-22-20(18)27-15-5-11-26-12-6-15;/h3-4,7-8,13,15H,1-2,5-6,9-12H2;/q-1;+1. The van der Waals surface area contributed by atoms with E-state index in [-0.39, 0.29) is 6.10 Å². The van der Waals surface area contributed by atoms with Crippen LogP contribution in [0, 0.1) is 0 Å². The molecule has 2 aliphatic rings. The molecule has 0 spiro atoms. The van der Waals surface area contributed by atoms with E-state index in [9.17, 15) is 0 Å². The van der Waals surface area contributed by atoms with Crippen molar-refractivity contribution < 1.29 is 9.47 Å². The maximum absolute atomic E-state index is 6.32. The Hall–Kier alpha value is -1.75. The summed E-state index contributed by atoms with van der Waals surface area (Å²) in [5, 5.41) is 5.89. The third-order valence-corrected chi connectivity index (χ3v) is 7.01. The van der Waals surface area contributed by atoms with Crippen LogP contribution in [0.25, 0.3) is 22.2 Å². The third kappa shape index (κ3) is 3.49. The van der Waals surface area contributed by atoms with Gasteiger partial charge in [-0.1, -0.05) is 0 Å². The fraction of sp³-hybridized carbons (Fsp3) is 0.450. The minimum atomic E-state index is 0.150. The van der Waals surface area contributed by atoms with Gasteiger partial charge in [0.25, 0.3) is 0 Å². The van der Waals surface area contributed by atoms with Crippen molar-refractivity contribution in [2.45, 2.75) is 31.8 Å². The van der Waals surface area contributed by atoms with E-state index in [1.54, 1.807) is 0 Å². The van der Waals surface area contributed by atoms with Gasteiger partial charge in [-0.3, -0.25) is 0 Å². The van der Waals surface area contributed by atoms with Crippen molar-refractivity contribution in [1.82, 2.24) is 17.6 Å². The number of hydrogen-bond acceptors (Lipinski definition) is 6. The van der Waals surface area contributed by atoms with E-state index in [0.29, 0.717) is 31.9 Å². The van der Waals surface area contributed by atoms with Gasteiger partial charge < -0.3 is 0 Å². The second-order valence-corrected chi connectivity index (χ2v) is 9.23. The Bertz CT molecular complexity index is 980. The van der Waals surface area contributed by atoms with Crippen molar-refractivity contribution >= 4 is 42.8 Å². The average Bonchev–Trinajstić information content (AvgIpc) is 3.38. The third-order valence-electron chi connectivity index (χ3n) is 5.48. The van der Waals surface area contributed by atoms with Gasteiger partial charge in [0.05, 0.1) is 0 Å². The van der Waals surface area contributed by atoms with Crippen LogP contribution in [0.4, 0.5) is 5.82 Å². The van der Waals surface area contributed by atoms with Crippen LogP contribution in [0.1, 0.15) is 25.7 Å². The van der Waals surface area contributed by atoms with Crippen LogP contribution in [0.2, 0.25) is 0 Å². The number of nitrogens with zero attached hydrogens (tertiary/aromatic N) is 5. The van der Waals surface area contributed by atoms with Crippen molar-refractivity contribution in [1.29, 1.82) is 0 Å². The normalized spacial score (nSPS) is 18.0. The molecule has 8 heteroatoms. The second-order valence-electron chi connectivity index (χ2n) is 7.33. The topological polar surface area (TPSA) is 65.3 Å². The molecule has 2 saturated heterocycles. The molecule has 5 heterocycles. The van der Waals surface area contributed by atoms with Crippen LogP contribution in [-0.4, -0.2) is 76.0 Å². The van der Waals surface area contributed by atoms with Crippen LogP contribution in [0.5, 0.6) is 5.88 Å². The Morgan fingerprint density at radius 2 is 1.86 bits per heavy atom. The van der Waals surface area contributed by atoms with Gasteiger partial charge in [-0.25, -0.2) is 0 Å². The number of hydrogen-bond donors (Lipinski definition) is 0. The van der Waals surface area contributed by atoms with Crippen molar-refractivity contribution in [3.8, 4) is 17.1 Å². The molecule has 5 rings (SSSR count). The van der Waals surface area contributed by atoms with Crippen molar-refractivity contribution in [2.24, 2.45) is 0 Å². The number of aromatic nitrogens is 4. The first-order valence-electron chi connectivity index (χ1n) is 9.88. The summed E-state index contributed by atoms with van der Waals surface area (Å²) in [6.45, 7) is 3.65. The molecule has 0 N–H and O–H groups in total. The van der Waals surface area contributed by atoms with E-state index in [1.165, 1.54) is 12.8 Å². The molecule has 0 radical (unpaired) electrons. The molecular formula is C20H22N5O2Tl. The zero-order chi connectivity index (χ0) is 18.9. The van der Waals surface area contributed by atoms with Gasteiger partial charge >= 0.3 is 181 Å². The van der Waals surface area contributed by atoms with Crippen LogP contribution in [0.3, 0.4) is 0 Å². The Kier molecular flexibility index (Phi) is 5.19. The molecule has 7 nitrogen and oxygen atoms in total. The van der Waals surface area contributed by atoms with Gasteiger partial charge in [0, 0.05) is 0 Å². The summed E-state index contributed by atoms with van der Waals surface area (Å²) in [5.74, 6) is 1.72.